The van der Waals surface area contributed by atoms with Crippen molar-refractivity contribution in [2.45, 2.75) is 57.6 Å². The van der Waals surface area contributed by atoms with Gasteiger partial charge in [-0.3, -0.25) is 0 Å². The SMILES string of the molecule is CCC(CC)(CBr)CSC1CCCC1. The van der Waals surface area contributed by atoms with Gasteiger partial charge in [-0.05, 0) is 36.9 Å². The van der Waals surface area contributed by atoms with Gasteiger partial charge in [-0.2, -0.15) is 11.8 Å². The summed E-state index contributed by atoms with van der Waals surface area (Å²) in [6.07, 6.45) is 8.50. The average molecular weight is 279 g/mol. The van der Waals surface area contributed by atoms with Crippen LogP contribution >= 0.6 is 27.7 Å². The van der Waals surface area contributed by atoms with Crippen molar-refractivity contribution in [3.05, 3.63) is 0 Å². The molecule has 0 saturated heterocycles. The quantitative estimate of drug-likeness (QED) is 0.625. The van der Waals surface area contributed by atoms with E-state index < -0.39 is 0 Å². The molecule has 0 atom stereocenters. The fourth-order valence-electron chi connectivity index (χ4n) is 2.03. The molecule has 0 spiro atoms. The van der Waals surface area contributed by atoms with Crippen LogP contribution in [0.15, 0.2) is 0 Å². The van der Waals surface area contributed by atoms with E-state index in [1.165, 1.54) is 49.6 Å². The van der Waals surface area contributed by atoms with E-state index in [0.29, 0.717) is 5.41 Å². The number of alkyl halides is 1. The third-order valence-corrected chi connectivity index (χ3v) is 6.62. The lowest BCUT2D eigenvalue weighted by atomic mass is 9.87. The molecule has 0 bridgehead atoms. The largest absolute Gasteiger partial charge is 0.158 e. The van der Waals surface area contributed by atoms with Crippen LogP contribution < -0.4 is 0 Å². The van der Waals surface area contributed by atoms with E-state index in [1.54, 1.807) is 0 Å². The van der Waals surface area contributed by atoms with Gasteiger partial charge in [0.15, 0.2) is 0 Å². The molecule has 0 N–H and O–H groups in total. The first-order valence-corrected chi connectivity index (χ1v) is 8.11. The lowest BCUT2D eigenvalue weighted by Gasteiger charge is -2.30. The average Bonchev–Trinajstić information content (AvgIpc) is 2.74. The topological polar surface area (TPSA) is 0 Å². The molecule has 1 saturated carbocycles. The molecule has 0 radical (unpaired) electrons. The Bertz CT molecular complexity index is 140. The molecular formula is C12H23BrS. The van der Waals surface area contributed by atoms with E-state index >= 15 is 0 Å². The van der Waals surface area contributed by atoms with Gasteiger partial charge in [0.05, 0.1) is 0 Å². The summed E-state index contributed by atoms with van der Waals surface area (Å²) >= 11 is 5.92. The molecule has 0 nitrogen and oxygen atoms in total. The van der Waals surface area contributed by atoms with Gasteiger partial charge in [-0.1, -0.05) is 42.6 Å². The molecule has 84 valence electrons. The summed E-state index contributed by atoms with van der Waals surface area (Å²) in [7, 11) is 0. The Hall–Kier alpha value is 0.830. The maximum absolute atomic E-state index is 3.69. The second kappa shape index (κ2) is 6.42. The summed E-state index contributed by atoms with van der Waals surface area (Å²) in [6, 6.07) is 0. The van der Waals surface area contributed by atoms with Crippen LogP contribution in [0.1, 0.15) is 52.4 Å². The normalized spacial score (nSPS) is 19.1. The number of hydrogen-bond donors (Lipinski definition) is 0. The van der Waals surface area contributed by atoms with Crippen molar-refractivity contribution < 1.29 is 0 Å². The van der Waals surface area contributed by atoms with Crippen LogP contribution in [-0.2, 0) is 0 Å². The molecule has 0 aromatic rings. The van der Waals surface area contributed by atoms with Gasteiger partial charge in [-0.25, -0.2) is 0 Å². The third-order valence-electron chi connectivity index (χ3n) is 3.71. The van der Waals surface area contributed by atoms with Crippen LogP contribution in [-0.4, -0.2) is 16.3 Å². The monoisotopic (exact) mass is 278 g/mol. The summed E-state index contributed by atoms with van der Waals surface area (Å²) in [6.45, 7) is 4.67. The molecule has 0 aliphatic heterocycles. The van der Waals surface area contributed by atoms with Crippen molar-refractivity contribution >= 4 is 27.7 Å². The zero-order valence-corrected chi connectivity index (χ0v) is 11.9. The highest BCUT2D eigenvalue weighted by Gasteiger charge is 2.27. The molecule has 2 heteroatoms. The van der Waals surface area contributed by atoms with Gasteiger partial charge in [0.25, 0.3) is 0 Å². The Kier molecular flexibility index (Phi) is 5.91. The fourth-order valence-corrected chi connectivity index (χ4v) is 5.05. The van der Waals surface area contributed by atoms with Crippen LogP contribution in [0, 0.1) is 5.41 Å². The third kappa shape index (κ3) is 3.44. The molecule has 1 aliphatic carbocycles. The molecule has 0 aromatic heterocycles. The van der Waals surface area contributed by atoms with E-state index in [1.807, 2.05) is 0 Å². The highest BCUT2D eigenvalue weighted by molar-refractivity contribution is 9.09. The number of thioether (sulfide) groups is 1. The maximum Gasteiger partial charge on any atom is 0.00956 e. The van der Waals surface area contributed by atoms with Crippen LogP contribution in [0.4, 0.5) is 0 Å². The summed E-state index contributed by atoms with van der Waals surface area (Å²) in [5.74, 6) is 1.36. The Balaban J connectivity index is 2.31. The van der Waals surface area contributed by atoms with Gasteiger partial charge in [0, 0.05) is 10.6 Å². The highest BCUT2D eigenvalue weighted by atomic mass is 79.9. The van der Waals surface area contributed by atoms with Crippen molar-refractivity contribution in [2.75, 3.05) is 11.1 Å². The summed E-state index contributed by atoms with van der Waals surface area (Å²) in [5.41, 5.74) is 0.563. The van der Waals surface area contributed by atoms with Crippen molar-refractivity contribution in [3.63, 3.8) is 0 Å². The van der Waals surface area contributed by atoms with E-state index in [9.17, 15) is 0 Å². The maximum atomic E-state index is 3.69. The van der Waals surface area contributed by atoms with Gasteiger partial charge < -0.3 is 0 Å². The first-order chi connectivity index (χ1) is 6.76. The molecule has 1 fully saturated rings. The molecule has 1 aliphatic rings. The van der Waals surface area contributed by atoms with E-state index in [2.05, 4.69) is 41.5 Å². The first kappa shape index (κ1) is 12.9. The smallest absolute Gasteiger partial charge is 0.00956 e. The molecule has 0 amide bonds. The molecule has 0 unspecified atom stereocenters. The first-order valence-electron chi connectivity index (χ1n) is 5.94. The zero-order valence-electron chi connectivity index (χ0n) is 9.52. The Morgan fingerprint density at radius 2 is 1.79 bits per heavy atom. The lowest BCUT2D eigenvalue weighted by molar-refractivity contribution is 0.359. The molecule has 0 aromatic carbocycles. The Morgan fingerprint density at radius 3 is 2.21 bits per heavy atom. The predicted molar refractivity (Wildman–Crippen MR) is 71.5 cm³/mol. The van der Waals surface area contributed by atoms with Crippen molar-refractivity contribution in [1.82, 2.24) is 0 Å². The minimum Gasteiger partial charge on any atom is -0.158 e. The van der Waals surface area contributed by atoms with Gasteiger partial charge in [0.1, 0.15) is 0 Å². The Morgan fingerprint density at radius 1 is 1.21 bits per heavy atom. The second-order valence-corrected chi connectivity index (χ2v) is 6.41. The minimum atomic E-state index is 0.563. The fraction of sp³-hybridized carbons (Fsp3) is 1.00. The molecule has 1 rings (SSSR count). The van der Waals surface area contributed by atoms with E-state index in [-0.39, 0.29) is 0 Å². The van der Waals surface area contributed by atoms with Crippen LogP contribution in [0.5, 0.6) is 0 Å². The van der Waals surface area contributed by atoms with Gasteiger partial charge >= 0.3 is 0 Å². The number of hydrogen-bond acceptors (Lipinski definition) is 1. The number of rotatable bonds is 6. The molecule has 0 heterocycles. The Labute approximate surface area is 102 Å². The van der Waals surface area contributed by atoms with Crippen molar-refractivity contribution in [1.29, 1.82) is 0 Å². The number of halogens is 1. The second-order valence-electron chi connectivity index (χ2n) is 4.56. The molecule has 14 heavy (non-hydrogen) atoms. The highest BCUT2D eigenvalue weighted by Crippen LogP contribution is 2.38. The van der Waals surface area contributed by atoms with Crippen molar-refractivity contribution in [3.8, 4) is 0 Å². The zero-order chi connectivity index (χ0) is 10.4. The van der Waals surface area contributed by atoms with Gasteiger partial charge in [0.2, 0.25) is 0 Å². The van der Waals surface area contributed by atoms with Crippen LogP contribution in [0.2, 0.25) is 0 Å². The summed E-state index contributed by atoms with van der Waals surface area (Å²) < 4.78 is 0. The van der Waals surface area contributed by atoms with Gasteiger partial charge in [-0.15, -0.1) is 0 Å². The van der Waals surface area contributed by atoms with Crippen molar-refractivity contribution in [2.24, 2.45) is 5.41 Å². The van der Waals surface area contributed by atoms with E-state index in [0.717, 1.165) is 5.25 Å². The van der Waals surface area contributed by atoms with Crippen LogP contribution in [0.25, 0.3) is 0 Å². The lowest BCUT2D eigenvalue weighted by Crippen LogP contribution is -2.25. The van der Waals surface area contributed by atoms with E-state index in [4.69, 9.17) is 0 Å². The molecular weight excluding hydrogens is 256 g/mol. The summed E-state index contributed by atoms with van der Waals surface area (Å²) in [5, 5.41) is 2.15. The standard InChI is InChI=1S/C12H23BrS/c1-3-12(4-2,9-13)10-14-11-7-5-6-8-11/h11H,3-10H2,1-2H3. The summed E-state index contributed by atoms with van der Waals surface area (Å²) in [4.78, 5) is 0. The minimum absolute atomic E-state index is 0.563. The predicted octanol–water partition coefficient (Wildman–Crippen LogP) is 4.86. The van der Waals surface area contributed by atoms with Crippen LogP contribution in [0.3, 0.4) is 0 Å².